The van der Waals surface area contributed by atoms with Gasteiger partial charge in [0.2, 0.25) is 5.78 Å². The Balaban J connectivity index is 2.05. The SMILES string of the molecule is CCCCCC(=O)c1c[nH]c(C(=O)c2ccccc2)c1. The number of carbonyl (C=O) groups is 2. The Hall–Kier alpha value is -2.16. The van der Waals surface area contributed by atoms with E-state index in [4.69, 9.17) is 0 Å². The van der Waals surface area contributed by atoms with E-state index < -0.39 is 0 Å². The molecule has 0 unspecified atom stereocenters. The topological polar surface area (TPSA) is 49.9 Å². The van der Waals surface area contributed by atoms with Crippen LogP contribution < -0.4 is 0 Å². The molecular formula is C17H19NO2. The number of unbranched alkanes of at least 4 members (excludes halogenated alkanes) is 2. The number of H-pyrrole nitrogens is 1. The standard InChI is InChI=1S/C17H19NO2/c1-2-3-5-10-16(19)14-11-15(18-12-14)17(20)13-8-6-4-7-9-13/h4,6-9,11-12,18H,2-3,5,10H2,1H3. The number of aromatic amines is 1. The van der Waals surface area contributed by atoms with Crippen molar-refractivity contribution in [3.05, 3.63) is 59.4 Å². The Morgan fingerprint density at radius 3 is 2.50 bits per heavy atom. The van der Waals surface area contributed by atoms with E-state index in [-0.39, 0.29) is 11.6 Å². The van der Waals surface area contributed by atoms with Gasteiger partial charge in [0.15, 0.2) is 5.78 Å². The van der Waals surface area contributed by atoms with Gasteiger partial charge in [-0.05, 0) is 12.5 Å². The minimum atomic E-state index is -0.0850. The van der Waals surface area contributed by atoms with Crippen LogP contribution in [0.25, 0.3) is 0 Å². The van der Waals surface area contributed by atoms with Crippen LogP contribution in [0.3, 0.4) is 0 Å². The highest BCUT2D eigenvalue weighted by molar-refractivity contribution is 6.09. The minimum Gasteiger partial charge on any atom is -0.358 e. The lowest BCUT2D eigenvalue weighted by Crippen LogP contribution is -2.01. The maximum absolute atomic E-state index is 12.2. The summed E-state index contributed by atoms with van der Waals surface area (Å²) in [4.78, 5) is 27.1. The van der Waals surface area contributed by atoms with Crippen LogP contribution in [0, 0.1) is 0 Å². The molecule has 0 saturated carbocycles. The van der Waals surface area contributed by atoms with Crippen molar-refractivity contribution in [2.75, 3.05) is 0 Å². The zero-order valence-electron chi connectivity index (χ0n) is 11.7. The summed E-state index contributed by atoms with van der Waals surface area (Å²) in [7, 11) is 0. The quantitative estimate of drug-likeness (QED) is 0.610. The third kappa shape index (κ3) is 3.44. The minimum absolute atomic E-state index is 0.0850. The van der Waals surface area contributed by atoms with Crippen molar-refractivity contribution in [2.24, 2.45) is 0 Å². The summed E-state index contributed by atoms with van der Waals surface area (Å²) in [6.45, 7) is 2.11. The lowest BCUT2D eigenvalue weighted by molar-refractivity contribution is 0.0979. The maximum atomic E-state index is 12.2. The second-order valence-corrected chi connectivity index (χ2v) is 4.88. The van der Waals surface area contributed by atoms with Crippen LogP contribution in [0.15, 0.2) is 42.6 Å². The summed E-state index contributed by atoms with van der Waals surface area (Å²) in [5, 5.41) is 0. The van der Waals surface area contributed by atoms with Gasteiger partial charge in [0, 0.05) is 23.7 Å². The third-order valence-corrected chi connectivity index (χ3v) is 3.29. The monoisotopic (exact) mass is 269 g/mol. The summed E-state index contributed by atoms with van der Waals surface area (Å²) >= 11 is 0. The van der Waals surface area contributed by atoms with E-state index in [0.717, 1.165) is 19.3 Å². The summed E-state index contributed by atoms with van der Waals surface area (Å²) in [6.07, 6.45) is 5.24. The first-order valence-electron chi connectivity index (χ1n) is 7.03. The molecule has 0 bridgehead atoms. The molecule has 0 aliphatic carbocycles. The van der Waals surface area contributed by atoms with Gasteiger partial charge in [-0.3, -0.25) is 9.59 Å². The maximum Gasteiger partial charge on any atom is 0.209 e. The third-order valence-electron chi connectivity index (χ3n) is 3.29. The first kappa shape index (κ1) is 14.3. The number of aromatic nitrogens is 1. The van der Waals surface area contributed by atoms with Crippen LogP contribution >= 0.6 is 0 Å². The van der Waals surface area contributed by atoms with Crippen molar-refractivity contribution in [1.82, 2.24) is 4.98 Å². The highest BCUT2D eigenvalue weighted by atomic mass is 16.1. The van der Waals surface area contributed by atoms with E-state index in [2.05, 4.69) is 11.9 Å². The van der Waals surface area contributed by atoms with Gasteiger partial charge in [-0.25, -0.2) is 0 Å². The molecule has 2 rings (SSSR count). The van der Waals surface area contributed by atoms with Gasteiger partial charge in [0.05, 0.1) is 5.69 Å². The lowest BCUT2D eigenvalue weighted by atomic mass is 10.1. The van der Waals surface area contributed by atoms with Gasteiger partial charge in [-0.15, -0.1) is 0 Å². The lowest BCUT2D eigenvalue weighted by Gasteiger charge is -1.97. The van der Waals surface area contributed by atoms with E-state index in [1.54, 1.807) is 24.4 Å². The van der Waals surface area contributed by atoms with Crippen molar-refractivity contribution in [3.8, 4) is 0 Å². The van der Waals surface area contributed by atoms with Gasteiger partial charge in [0.1, 0.15) is 0 Å². The molecule has 3 heteroatoms. The van der Waals surface area contributed by atoms with Crippen LogP contribution in [0.4, 0.5) is 0 Å². The summed E-state index contributed by atoms with van der Waals surface area (Å²) < 4.78 is 0. The number of rotatable bonds is 7. The van der Waals surface area contributed by atoms with Crippen molar-refractivity contribution in [3.63, 3.8) is 0 Å². The van der Waals surface area contributed by atoms with E-state index >= 15 is 0 Å². The molecular weight excluding hydrogens is 250 g/mol. The smallest absolute Gasteiger partial charge is 0.209 e. The van der Waals surface area contributed by atoms with Crippen LogP contribution in [0.1, 0.15) is 59.0 Å². The van der Waals surface area contributed by atoms with E-state index in [0.29, 0.717) is 23.2 Å². The number of benzene rings is 1. The van der Waals surface area contributed by atoms with Crippen LogP contribution in [-0.2, 0) is 0 Å². The molecule has 0 spiro atoms. The van der Waals surface area contributed by atoms with Gasteiger partial charge in [-0.1, -0.05) is 50.1 Å². The highest BCUT2D eigenvalue weighted by Gasteiger charge is 2.14. The van der Waals surface area contributed by atoms with E-state index in [1.165, 1.54) is 0 Å². The fourth-order valence-electron chi connectivity index (χ4n) is 2.11. The summed E-state index contributed by atoms with van der Waals surface area (Å²) in [5.74, 6) is 0.0139. The zero-order chi connectivity index (χ0) is 14.4. The fourth-order valence-corrected chi connectivity index (χ4v) is 2.11. The van der Waals surface area contributed by atoms with Crippen LogP contribution in [-0.4, -0.2) is 16.6 Å². The van der Waals surface area contributed by atoms with E-state index in [9.17, 15) is 9.59 Å². The van der Waals surface area contributed by atoms with Crippen LogP contribution in [0.5, 0.6) is 0 Å². The van der Waals surface area contributed by atoms with E-state index in [1.807, 2.05) is 18.2 Å². The Morgan fingerprint density at radius 1 is 1.05 bits per heavy atom. The largest absolute Gasteiger partial charge is 0.358 e. The molecule has 0 amide bonds. The normalized spacial score (nSPS) is 10.4. The fraction of sp³-hybridized carbons (Fsp3) is 0.294. The van der Waals surface area contributed by atoms with Crippen molar-refractivity contribution in [1.29, 1.82) is 0 Å². The molecule has 20 heavy (non-hydrogen) atoms. The number of Topliss-reactive ketones (excluding diaryl/α,β-unsaturated/α-hetero) is 1. The Bertz CT molecular complexity index is 584. The number of hydrogen-bond donors (Lipinski definition) is 1. The number of hydrogen-bond acceptors (Lipinski definition) is 2. The first-order chi connectivity index (χ1) is 9.72. The molecule has 0 radical (unpaired) electrons. The molecule has 0 aliphatic heterocycles. The first-order valence-corrected chi connectivity index (χ1v) is 7.03. The number of carbonyl (C=O) groups excluding carboxylic acids is 2. The average molecular weight is 269 g/mol. The molecule has 0 fully saturated rings. The highest BCUT2D eigenvalue weighted by Crippen LogP contribution is 2.13. The molecule has 1 aromatic carbocycles. The predicted octanol–water partition coefficient (Wildman–Crippen LogP) is 4.01. The zero-order valence-corrected chi connectivity index (χ0v) is 11.7. The summed E-state index contributed by atoms with van der Waals surface area (Å²) in [6, 6.07) is 10.7. The summed E-state index contributed by atoms with van der Waals surface area (Å²) in [5.41, 5.74) is 1.69. The Labute approximate surface area is 119 Å². The predicted molar refractivity (Wildman–Crippen MR) is 79.1 cm³/mol. The van der Waals surface area contributed by atoms with Crippen molar-refractivity contribution >= 4 is 11.6 Å². The second-order valence-electron chi connectivity index (χ2n) is 4.88. The average Bonchev–Trinajstić information content (AvgIpc) is 2.97. The number of ketones is 2. The van der Waals surface area contributed by atoms with Crippen LogP contribution in [0.2, 0.25) is 0 Å². The van der Waals surface area contributed by atoms with Crippen molar-refractivity contribution in [2.45, 2.75) is 32.6 Å². The number of nitrogens with one attached hydrogen (secondary N) is 1. The molecule has 0 aliphatic rings. The molecule has 3 nitrogen and oxygen atoms in total. The Morgan fingerprint density at radius 2 is 1.80 bits per heavy atom. The van der Waals surface area contributed by atoms with Gasteiger partial charge < -0.3 is 4.98 Å². The second kappa shape index (κ2) is 6.85. The molecule has 2 aromatic rings. The van der Waals surface area contributed by atoms with Crippen molar-refractivity contribution < 1.29 is 9.59 Å². The Kier molecular flexibility index (Phi) is 4.88. The van der Waals surface area contributed by atoms with Gasteiger partial charge in [0.25, 0.3) is 0 Å². The molecule has 104 valence electrons. The van der Waals surface area contributed by atoms with Gasteiger partial charge >= 0.3 is 0 Å². The molecule has 1 heterocycles. The van der Waals surface area contributed by atoms with Gasteiger partial charge in [-0.2, -0.15) is 0 Å². The molecule has 1 N–H and O–H groups in total. The molecule has 1 aromatic heterocycles. The molecule has 0 atom stereocenters. The molecule has 0 saturated heterocycles.